The van der Waals surface area contributed by atoms with Gasteiger partial charge < -0.3 is 10.3 Å². The van der Waals surface area contributed by atoms with Gasteiger partial charge in [-0.1, -0.05) is 31.2 Å². The Morgan fingerprint density at radius 2 is 2.12 bits per heavy atom. The quantitative estimate of drug-likeness (QED) is 0.660. The van der Waals surface area contributed by atoms with E-state index in [2.05, 4.69) is 20.3 Å². The monoisotopic (exact) mass is 435 g/mol. The van der Waals surface area contributed by atoms with Crippen LogP contribution < -0.4 is 5.32 Å². The van der Waals surface area contributed by atoms with Gasteiger partial charge in [0.1, 0.15) is 17.7 Å². The summed E-state index contributed by atoms with van der Waals surface area (Å²) in [5.41, 5.74) is 4.00. The first-order valence-electron chi connectivity index (χ1n) is 11.0. The van der Waals surface area contributed by atoms with Gasteiger partial charge in [-0.15, -0.1) is 0 Å². The molecule has 2 aromatic carbocycles. The molecule has 0 aliphatic carbocycles. The second-order valence-electron chi connectivity index (χ2n) is 8.75. The number of H-pyrrole nitrogens is 1. The van der Waals surface area contributed by atoms with Crippen LogP contribution in [0, 0.1) is 18.7 Å². The fraction of sp³-hybridized carbons (Fsp3) is 0.375. The molecular weight excluding hydrogens is 409 g/mol. The minimum atomic E-state index is -0.712. The standard InChI is InChI=1S/C24H26FN5O2/c1-14-10-17(25)12-19-21(14)27-20(26-19)11-15(2)23(31)28-22-18-7-4-3-6-16(18)13-29-8-5-9-30(29)24(22)32/h3-4,6-7,10,12,15,22H,5,8-9,11,13H2,1-2H3,(H,26,27)(H,28,31)/t15-,22+/m1/s1. The van der Waals surface area contributed by atoms with Gasteiger partial charge >= 0.3 is 0 Å². The lowest BCUT2D eigenvalue weighted by molar-refractivity contribution is -0.148. The number of aryl methyl sites for hydroxylation is 1. The van der Waals surface area contributed by atoms with Gasteiger partial charge in [0.15, 0.2) is 0 Å². The lowest BCUT2D eigenvalue weighted by atomic mass is 9.98. The zero-order valence-electron chi connectivity index (χ0n) is 18.2. The summed E-state index contributed by atoms with van der Waals surface area (Å²) >= 11 is 0. The van der Waals surface area contributed by atoms with E-state index in [-0.39, 0.29) is 17.6 Å². The number of hydrogen-bond donors (Lipinski definition) is 2. The number of nitrogens with one attached hydrogen (secondary N) is 2. The smallest absolute Gasteiger partial charge is 0.264 e. The van der Waals surface area contributed by atoms with Crippen molar-refractivity contribution in [3.8, 4) is 0 Å². The molecule has 7 nitrogen and oxygen atoms in total. The number of halogens is 1. The van der Waals surface area contributed by atoms with Gasteiger partial charge in [0.2, 0.25) is 5.91 Å². The molecular formula is C24H26FN5O2. The van der Waals surface area contributed by atoms with Gasteiger partial charge in [-0.05, 0) is 36.1 Å². The second kappa shape index (κ2) is 8.02. The number of aromatic amines is 1. The number of carbonyl (C=O) groups is 2. The Kier molecular flexibility index (Phi) is 5.17. The molecule has 2 aliphatic rings. The molecule has 8 heteroatoms. The van der Waals surface area contributed by atoms with Crippen LogP contribution in [-0.4, -0.2) is 44.9 Å². The minimum absolute atomic E-state index is 0.0946. The summed E-state index contributed by atoms with van der Waals surface area (Å²) < 4.78 is 13.7. The number of imidazole rings is 1. The highest BCUT2D eigenvalue weighted by atomic mass is 19.1. The molecule has 2 N–H and O–H groups in total. The highest BCUT2D eigenvalue weighted by Gasteiger charge is 2.38. The highest BCUT2D eigenvalue weighted by molar-refractivity contribution is 5.90. The maximum atomic E-state index is 13.7. The van der Waals surface area contributed by atoms with Crippen molar-refractivity contribution in [3.63, 3.8) is 0 Å². The predicted molar refractivity (Wildman–Crippen MR) is 118 cm³/mol. The number of carbonyl (C=O) groups excluding carboxylic acids is 2. The van der Waals surface area contributed by atoms with Crippen molar-refractivity contribution >= 4 is 22.8 Å². The molecule has 166 valence electrons. The van der Waals surface area contributed by atoms with E-state index in [1.807, 2.05) is 38.1 Å². The normalized spacial score (nSPS) is 19.5. The summed E-state index contributed by atoms with van der Waals surface area (Å²) in [5.74, 6) is -0.439. The maximum Gasteiger partial charge on any atom is 0.264 e. The number of benzene rings is 2. The SMILES string of the molecule is Cc1cc(F)cc2nc(C[C@@H](C)C(=O)N[C@@H]3C(=O)N4CCCN4Cc4ccccc43)[nH]c12. The number of amides is 2. The van der Waals surface area contributed by atoms with Crippen LogP contribution in [0.1, 0.15) is 41.9 Å². The summed E-state index contributed by atoms with van der Waals surface area (Å²) in [6.07, 6.45) is 1.29. The summed E-state index contributed by atoms with van der Waals surface area (Å²) in [5, 5.41) is 6.83. The molecule has 2 amide bonds. The second-order valence-corrected chi connectivity index (χ2v) is 8.75. The molecule has 3 heterocycles. The number of rotatable bonds is 4. The molecule has 32 heavy (non-hydrogen) atoms. The van der Waals surface area contributed by atoms with Gasteiger partial charge in [-0.25, -0.2) is 14.4 Å². The number of hydrazine groups is 1. The Morgan fingerprint density at radius 1 is 1.31 bits per heavy atom. The molecule has 0 unspecified atom stereocenters. The van der Waals surface area contributed by atoms with E-state index < -0.39 is 12.0 Å². The van der Waals surface area contributed by atoms with Gasteiger partial charge in [0.05, 0.1) is 11.0 Å². The van der Waals surface area contributed by atoms with E-state index in [1.54, 1.807) is 5.01 Å². The summed E-state index contributed by atoms with van der Waals surface area (Å²) in [7, 11) is 0. The van der Waals surface area contributed by atoms with Crippen LogP contribution in [0.5, 0.6) is 0 Å². The van der Waals surface area contributed by atoms with Crippen LogP contribution >= 0.6 is 0 Å². The number of hydrogen-bond acceptors (Lipinski definition) is 4. The third-order valence-corrected chi connectivity index (χ3v) is 6.39. The zero-order chi connectivity index (χ0) is 22.4. The minimum Gasteiger partial charge on any atom is -0.342 e. The van der Waals surface area contributed by atoms with Gasteiger partial charge in [-0.2, -0.15) is 0 Å². The van der Waals surface area contributed by atoms with E-state index in [4.69, 9.17) is 0 Å². The molecule has 1 fully saturated rings. The van der Waals surface area contributed by atoms with Crippen molar-refractivity contribution in [2.75, 3.05) is 13.1 Å². The number of aromatic nitrogens is 2. The van der Waals surface area contributed by atoms with Crippen molar-refractivity contribution < 1.29 is 14.0 Å². The summed E-state index contributed by atoms with van der Waals surface area (Å²) in [4.78, 5) is 34.1. The average Bonchev–Trinajstić information content (AvgIpc) is 3.36. The van der Waals surface area contributed by atoms with E-state index >= 15 is 0 Å². The van der Waals surface area contributed by atoms with Crippen molar-refractivity contribution in [2.24, 2.45) is 5.92 Å². The molecule has 2 aliphatic heterocycles. The topological polar surface area (TPSA) is 81.3 Å². The Labute approximate surface area is 185 Å². The summed E-state index contributed by atoms with van der Waals surface area (Å²) in [6, 6.07) is 9.93. The van der Waals surface area contributed by atoms with E-state index in [9.17, 15) is 14.0 Å². The van der Waals surface area contributed by atoms with Crippen molar-refractivity contribution in [2.45, 2.75) is 39.3 Å². The van der Waals surface area contributed by atoms with Crippen LogP contribution in [0.3, 0.4) is 0 Å². The third kappa shape index (κ3) is 3.64. The van der Waals surface area contributed by atoms with Crippen LogP contribution in [-0.2, 0) is 22.6 Å². The first kappa shape index (κ1) is 20.6. The van der Waals surface area contributed by atoms with Crippen LogP contribution in [0.15, 0.2) is 36.4 Å². The third-order valence-electron chi connectivity index (χ3n) is 6.39. The van der Waals surface area contributed by atoms with Gasteiger partial charge in [0, 0.05) is 38.0 Å². The zero-order valence-corrected chi connectivity index (χ0v) is 18.2. The molecule has 3 aromatic rings. The Hall–Kier alpha value is -3.26. The highest BCUT2D eigenvalue weighted by Crippen LogP contribution is 2.30. The van der Waals surface area contributed by atoms with Crippen LogP contribution in [0.4, 0.5) is 4.39 Å². The Bertz CT molecular complexity index is 1210. The molecule has 0 radical (unpaired) electrons. The van der Waals surface area contributed by atoms with Crippen molar-refractivity contribution in [1.29, 1.82) is 0 Å². The first-order valence-corrected chi connectivity index (χ1v) is 11.0. The Balaban J connectivity index is 1.36. The molecule has 2 atom stereocenters. The van der Waals surface area contributed by atoms with Gasteiger partial charge in [0.25, 0.3) is 5.91 Å². The maximum absolute atomic E-state index is 13.7. The number of nitrogens with zero attached hydrogens (tertiary/aromatic N) is 3. The van der Waals surface area contributed by atoms with E-state index in [0.717, 1.165) is 35.2 Å². The average molecular weight is 436 g/mol. The largest absolute Gasteiger partial charge is 0.342 e. The lowest BCUT2D eigenvalue weighted by Crippen LogP contribution is -2.46. The van der Waals surface area contributed by atoms with E-state index in [0.29, 0.717) is 30.9 Å². The molecule has 1 saturated heterocycles. The number of fused-ring (bicyclic) bond motifs is 3. The van der Waals surface area contributed by atoms with Crippen LogP contribution in [0.2, 0.25) is 0 Å². The predicted octanol–water partition coefficient (Wildman–Crippen LogP) is 3.01. The Morgan fingerprint density at radius 3 is 2.97 bits per heavy atom. The van der Waals surface area contributed by atoms with Crippen molar-refractivity contribution in [3.05, 3.63) is 64.7 Å². The molecule has 0 saturated carbocycles. The van der Waals surface area contributed by atoms with Crippen LogP contribution in [0.25, 0.3) is 11.0 Å². The molecule has 5 rings (SSSR count). The van der Waals surface area contributed by atoms with Gasteiger partial charge in [-0.3, -0.25) is 14.6 Å². The lowest BCUT2D eigenvalue weighted by Gasteiger charge is -2.28. The molecule has 0 spiro atoms. The van der Waals surface area contributed by atoms with Crippen molar-refractivity contribution in [1.82, 2.24) is 25.3 Å². The van der Waals surface area contributed by atoms with E-state index in [1.165, 1.54) is 12.1 Å². The fourth-order valence-electron chi connectivity index (χ4n) is 4.71. The molecule has 1 aromatic heterocycles. The summed E-state index contributed by atoms with van der Waals surface area (Å²) in [6.45, 7) is 5.80. The first-order chi connectivity index (χ1) is 15.4. The molecule has 0 bridgehead atoms. The fourth-order valence-corrected chi connectivity index (χ4v) is 4.71.